The smallest absolute Gasteiger partial charge is 0.251 e. The molecule has 0 aromatic rings. The van der Waals surface area contributed by atoms with Crippen LogP contribution in [0.15, 0.2) is 24.4 Å². The molecule has 1 heterocycles. The van der Waals surface area contributed by atoms with E-state index < -0.39 is 0 Å². The van der Waals surface area contributed by atoms with Crippen LogP contribution in [0.1, 0.15) is 46.5 Å². The van der Waals surface area contributed by atoms with Crippen molar-refractivity contribution in [3.05, 3.63) is 24.4 Å². The number of ether oxygens (including phenoxy) is 8. The number of nitrogens with one attached hydrogen (secondary N) is 1. The van der Waals surface area contributed by atoms with Crippen molar-refractivity contribution in [1.29, 1.82) is 0 Å². The van der Waals surface area contributed by atoms with E-state index in [0.717, 1.165) is 19.4 Å². The zero-order chi connectivity index (χ0) is 32.1. The van der Waals surface area contributed by atoms with Gasteiger partial charge in [-0.25, -0.2) is 0 Å². The maximum absolute atomic E-state index is 11.8. The molecule has 0 fully saturated rings. The van der Waals surface area contributed by atoms with Crippen molar-refractivity contribution in [2.24, 2.45) is 5.41 Å². The third-order valence-corrected chi connectivity index (χ3v) is 6.24. The van der Waals surface area contributed by atoms with Crippen molar-refractivity contribution in [3.63, 3.8) is 0 Å². The van der Waals surface area contributed by atoms with Gasteiger partial charge >= 0.3 is 0 Å². The first-order chi connectivity index (χ1) is 21.3. The molecule has 1 aliphatic heterocycles. The van der Waals surface area contributed by atoms with Crippen molar-refractivity contribution in [2.45, 2.75) is 46.5 Å². The van der Waals surface area contributed by atoms with Crippen LogP contribution in [0, 0.1) is 5.41 Å². The molecule has 2 amide bonds. The highest BCUT2D eigenvalue weighted by Crippen LogP contribution is 2.21. The lowest BCUT2D eigenvalue weighted by Crippen LogP contribution is -2.28. The van der Waals surface area contributed by atoms with Crippen LogP contribution < -0.4 is 5.32 Å². The Morgan fingerprint density at radius 1 is 0.659 bits per heavy atom. The van der Waals surface area contributed by atoms with Gasteiger partial charge in [0.05, 0.1) is 106 Å². The van der Waals surface area contributed by atoms with E-state index in [2.05, 4.69) is 32.7 Å². The molecule has 0 aliphatic carbocycles. The second-order valence-corrected chi connectivity index (χ2v) is 11.3. The van der Waals surface area contributed by atoms with Gasteiger partial charge < -0.3 is 48.1 Å². The Balaban J connectivity index is 1.67. The van der Waals surface area contributed by atoms with E-state index >= 15 is 0 Å². The molecule has 1 aliphatic rings. The highest BCUT2D eigenvalue weighted by Gasteiger charge is 2.17. The van der Waals surface area contributed by atoms with Crippen molar-refractivity contribution in [3.8, 4) is 0 Å². The molecule has 0 aromatic heterocycles. The van der Waals surface area contributed by atoms with Crippen LogP contribution in [0.3, 0.4) is 0 Å². The second kappa shape index (κ2) is 27.4. The molecular formula is C32H58N2O10. The minimum Gasteiger partial charge on any atom is -0.379 e. The molecule has 1 rings (SSSR count). The van der Waals surface area contributed by atoms with Crippen molar-refractivity contribution in [2.75, 3.05) is 119 Å². The summed E-state index contributed by atoms with van der Waals surface area (Å²) in [5.74, 6) is -0.0244. The average molecular weight is 631 g/mol. The predicted octanol–water partition coefficient (Wildman–Crippen LogP) is 2.75. The zero-order valence-corrected chi connectivity index (χ0v) is 27.4. The molecule has 0 bridgehead atoms. The molecule has 0 unspecified atom stereocenters. The van der Waals surface area contributed by atoms with Gasteiger partial charge in [0.25, 0.3) is 5.91 Å². The van der Waals surface area contributed by atoms with Gasteiger partial charge in [0.1, 0.15) is 0 Å². The van der Waals surface area contributed by atoms with Crippen LogP contribution >= 0.6 is 0 Å². The minimum atomic E-state index is -0.0570. The number of unbranched alkanes of at least 4 members (excludes halogenated alkanes) is 1. The largest absolute Gasteiger partial charge is 0.379 e. The van der Waals surface area contributed by atoms with E-state index in [1.807, 2.05) is 0 Å². The van der Waals surface area contributed by atoms with Crippen LogP contribution in [0.5, 0.6) is 0 Å². The van der Waals surface area contributed by atoms with Gasteiger partial charge in [-0.2, -0.15) is 0 Å². The van der Waals surface area contributed by atoms with Gasteiger partial charge in [-0.05, 0) is 24.3 Å². The summed E-state index contributed by atoms with van der Waals surface area (Å²) in [6, 6.07) is 0. The molecular weight excluding hydrogens is 572 g/mol. The van der Waals surface area contributed by atoms with E-state index in [1.54, 1.807) is 11.0 Å². The Kier molecular flexibility index (Phi) is 25.0. The molecule has 0 aromatic carbocycles. The molecule has 0 radical (unpaired) electrons. The number of carbonyl (C=O) groups excluding carboxylic acids is 2. The van der Waals surface area contributed by atoms with Gasteiger partial charge in [-0.3, -0.25) is 9.59 Å². The standard InChI is InChI=1S/C32H58N2O10/c1-29-7-8-31(36)34(29)12-14-38-16-18-40-20-22-42-24-26-44-28-27-43-25-23-41-21-19-39-17-15-37-13-9-30(35)33-11-6-5-10-32(2,3)4/h7-8H,1,5-6,9-28H2,2-4H3,(H,33,35). The van der Waals surface area contributed by atoms with Gasteiger partial charge in [0.2, 0.25) is 5.91 Å². The highest BCUT2D eigenvalue weighted by atomic mass is 16.6. The lowest BCUT2D eigenvalue weighted by molar-refractivity contribution is -0.124. The molecule has 0 spiro atoms. The topological polar surface area (TPSA) is 123 Å². The minimum absolute atomic E-state index is 0.0326. The van der Waals surface area contributed by atoms with Gasteiger partial charge in [0, 0.05) is 31.3 Å². The Hall–Kier alpha value is -1.90. The number of nitrogens with zero attached hydrogens (tertiary/aromatic N) is 1. The van der Waals surface area contributed by atoms with Crippen molar-refractivity contribution < 1.29 is 47.5 Å². The SMILES string of the molecule is C=C1C=CC(=O)N1CCOCCOCCOCCOCCOCCOCCOCCOCCC(=O)NCCCCC(C)(C)C. The lowest BCUT2D eigenvalue weighted by Gasteiger charge is -2.17. The Morgan fingerprint density at radius 2 is 1.07 bits per heavy atom. The first-order valence-electron chi connectivity index (χ1n) is 15.9. The van der Waals surface area contributed by atoms with Crippen molar-refractivity contribution in [1.82, 2.24) is 10.2 Å². The number of allylic oxidation sites excluding steroid dienone is 1. The summed E-state index contributed by atoms with van der Waals surface area (Å²) in [5, 5.41) is 2.94. The van der Waals surface area contributed by atoms with Crippen LogP contribution in [0.4, 0.5) is 0 Å². The quantitative estimate of drug-likeness (QED) is 0.114. The Morgan fingerprint density at radius 3 is 1.45 bits per heavy atom. The molecule has 256 valence electrons. The number of hydrogen-bond donors (Lipinski definition) is 1. The number of hydrogen-bond acceptors (Lipinski definition) is 10. The normalized spacial score (nSPS) is 13.4. The maximum Gasteiger partial charge on any atom is 0.251 e. The van der Waals surface area contributed by atoms with Crippen molar-refractivity contribution >= 4 is 11.8 Å². The highest BCUT2D eigenvalue weighted by molar-refractivity contribution is 5.92. The first kappa shape index (κ1) is 40.1. The molecule has 12 heteroatoms. The third kappa shape index (κ3) is 25.4. The fourth-order valence-corrected chi connectivity index (χ4v) is 3.80. The van der Waals surface area contributed by atoms with E-state index in [4.69, 9.17) is 37.9 Å². The molecule has 0 saturated heterocycles. The predicted molar refractivity (Wildman–Crippen MR) is 167 cm³/mol. The Labute approximate surface area is 264 Å². The summed E-state index contributed by atoms with van der Waals surface area (Å²) < 4.78 is 43.7. The summed E-state index contributed by atoms with van der Waals surface area (Å²) in [5.41, 5.74) is 1.04. The second-order valence-electron chi connectivity index (χ2n) is 11.3. The maximum atomic E-state index is 11.8. The monoisotopic (exact) mass is 630 g/mol. The van der Waals surface area contributed by atoms with E-state index in [1.165, 1.54) is 12.5 Å². The van der Waals surface area contributed by atoms with E-state index in [0.29, 0.717) is 130 Å². The fourth-order valence-electron chi connectivity index (χ4n) is 3.80. The molecule has 0 saturated carbocycles. The summed E-state index contributed by atoms with van der Waals surface area (Å²) >= 11 is 0. The summed E-state index contributed by atoms with van der Waals surface area (Å²) in [6.07, 6.45) is 6.88. The van der Waals surface area contributed by atoms with Crippen LogP contribution in [0.2, 0.25) is 0 Å². The van der Waals surface area contributed by atoms with Gasteiger partial charge in [0.15, 0.2) is 0 Å². The van der Waals surface area contributed by atoms with E-state index in [-0.39, 0.29) is 11.8 Å². The van der Waals surface area contributed by atoms with Gasteiger partial charge in [-0.1, -0.05) is 33.8 Å². The molecule has 44 heavy (non-hydrogen) atoms. The Bertz CT molecular complexity index is 755. The zero-order valence-electron chi connectivity index (χ0n) is 27.4. The fraction of sp³-hybridized carbons (Fsp3) is 0.812. The summed E-state index contributed by atoms with van der Waals surface area (Å²) in [6.45, 7) is 19.3. The number of rotatable bonds is 31. The molecule has 0 atom stereocenters. The van der Waals surface area contributed by atoms with Crippen LogP contribution in [0.25, 0.3) is 0 Å². The number of amides is 2. The first-order valence-corrected chi connectivity index (χ1v) is 15.9. The van der Waals surface area contributed by atoms with E-state index in [9.17, 15) is 9.59 Å². The summed E-state index contributed by atoms with van der Waals surface area (Å²) in [4.78, 5) is 24.9. The molecule has 12 nitrogen and oxygen atoms in total. The lowest BCUT2D eigenvalue weighted by atomic mass is 9.90. The summed E-state index contributed by atoms with van der Waals surface area (Å²) in [7, 11) is 0. The number of carbonyl (C=O) groups is 2. The molecule has 1 N–H and O–H groups in total. The third-order valence-electron chi connectivity index (χ3n) is 6.24. The van der Waals surface area contributed by atoms with Gasteiger partial charge in [-0.15, -0.1) is 0 Å². The van der Waals surface area contributed by atoms with Crippen LogP contribution in [-0.2, 0) is 47.5 Å². The average Bonchev–Trinajstić information content (AvgIpc) is 3.30. The van der Waals surface area contributed by atoms with Crippen LogP contribution in [-0.4, -0.2) is 136 Å².